The van der Waals surface area contributed by atoms with Crippen LogP contribution in [-0.2, 0) is 0 Å². The molecule has 0 saturated carbocycles. The number of benzene rings is 1. The second-order valence-corrected chi connectivity index (χ2v) is 5.43. The van der Waals surface area contributed by atoms with E-state index in [1.165, 1.54) is 6.07 Å². The van der Waals surface area contributed by atoms with Crippen molar-refractivity contribution in [3.05, 3.63) is 58.1 Å². The molecule has 4 nitrogen and oxygen atoms in total. The van der Waals surface area contributed by atoms with Crippen LogP contribution in [0.3, 0.4) is 0 Å². The molecular weight excluding hydrogens is 337 g/mol. The lowest BCUT2D eigenvalue weighted by Gasteiger charge is -2.17. The first-order chi connectivity index (χ1) is 10.2. The summed E-state index contributed by atoms with van der Waals surface area (Å²) in [5, 5.41) is 0. The maximum absolute atomic E-state index is 13.7. The Kier molecular flexibility index (Phi) is 5.67. The molecule has 0 aliphatic heterocycles. The van der Waals surface area contributed by atoms with E-state index in [0.29, 0.717) is 22.4 Å². The van der Waals surface area contributed by atoms with Gasteiger partial charge in [0.25, 0.3) is 0 Å². The van der Waals surface area contributed by atoms with Crippen LogP contribution < -0.4 is 16.0 Å². The van der Waals surface area contributed by atoms with Crippen LogP contribution in [0.15, 0.2) is 41.1 Å². The van der Waals surface area contributed by atoms with Crippen LogP contribution in [0, 0.1) is 5.82 Å². The molecule has 1 aromatic carbocycles. The van der Waals surface area contributed by atoms with E-state index in [9.17, 15) is 4.39 Å². The van der Waals surface area contributed by atoms with Gasteiger partial charge in [0, 0.05) is 6.20 Å². The van der Waals surface area contributed by atoms with Gasteiger partial charge in [-0.05, 0) is 51.7 Å². The van der Waals surface area contributed by atoms with E-state index in [1.807, 2.05) is 13.0 Å². The summed E-state index contributed by atoms with van der Waals surface area (Å²) >= 11 is 3.14. The zero-order valence-electron chi connectivity index (χ0n) is 11.6. The Morgan fingerprint density at radius 2 is 2.14 bits per heavy atom. The van der Waals surface area contributed by atoms with Crippen LogP contribution in [0.5, 0.6) is 5.75 Å². The molecule has 0 radical (unpaired) electrons. The van der Waals surface area contributed by atoms with Crippen molar-refractivity contribution in [2.45, 2.75) is 19.4 Å². The summed E-state index contributed by atoms with van der Waals surface area (Å²) in [5.74, 6) is 5.96. The van der Waals surface area contributed by atoms with Gasteiger partial charge >= 0.3 is 0 Å². The van der Waals surface area contributed by atoms with Crippen molar-refractivity contribution in [2.24, 2.45) is 5.84 Å². The summed E-state index contributed by atoms with van der Waals surface area (Å²) in [7, 11) is 0. The van der Waals surface area contributed by atoms with Crippen LogP contribution in [0.2, 0.25) is 0 Å². The summed E-state index contributed by atoms with van der Waals surface area (Å²) in [5.41, 5.74) is 4.22. The Morgan fingerprint density at radius 3 is 2.81 bits per heavy atom. The third kappa shape index (κ3) is 4.00. The molecule has 0 amide bonds. The van der Waals surface area contributed by atoms with Crippen molar-refractivity contribution in [1.82, 2.24) is 10.4 Å². The molecule has 0 spiro atoms. The summed E-state index contributed by atoms with van der Waals surface area (Å²) < 4.78 is 19.7. The van der Waals surface area contributed by atoms with Crippen molar-refractivity contribution in [1.29, 1.82) is 0 Å². The minimum atomic E-state index is -0.356. The average molecular weight is 354 g/mol. The average Bonchev–Trinajstić information content (AvgIpc) is 2.50. The summed E-state index contributed by atoms with van der Waals surface area (Å²) in [4.78, 5) is 4.15. The zero-order valence-corrected chi connectivity index (χ0v) is 13.2. The van der Waals surface area contributed by atoms with Gasteiger partial charge < -0.3 is 4.74 Å². The van der Waals surface area contributed by atoms with E-state index in [4.69, 9.17) is 10.6 Å². The first-order valence-electron chi connectivity index (χ1n) is 6.64. The maximum Gasteiger partial charge on any atom is 0.137 e. The third-order valence-corrected chi connectivity index (χ3v) is 3.63. The number of hydrogen-bond acceptors (Lipinski definition) is 4. The van der Waals surface area contributed by atoms with Gasteiger partial charge in [-0.2, -0.15) is 0 Å². The fourth-order valence-corrected chi connectivity index (χ4v) is 2.22. The third-order valence-electron chi connectivity index (χ3n) is 2.98. The number of hydrazine groups is 1. The molecule has 2 rings (SSSR count). The highest BCUT2D eigenvalue weighted by Crippen LogP contribution is 2.26. The van der Waals surface area contributed by atoms with Crippen LogP contribution >= 0.6 is 15.9 Å². The molecule has 3 N–H and O–H groups in total. The van der Waals surface area contributed by atoms with Gasteiger partial charge in [0.15, 0.2) is 0 Å². The van der Waals surface area contributed by atoms with E-state index in [-0.39, 0.29) is 11.9 Å². The van der Waals surface area contributed by atoms with Gasteiger partial charge in [-0.15, -0.1) is 0 Å². The zero-order chi connectivity index (χ0) is 15.2. The predicted molar refractivity (Wildman–Crippen MR) is 83.3 cm³/mol. The molecule has 1 aromatic heterocycles. The first-order valence-corrected chi connectivity index (χ1v) is 7.43. The van der Waals surface area contributed by atoms with E-state index < -0.39 is 0 Å². The highest BCUT2D eigenvalue weighted by Gasteiger charge is 2.15. The number of halogens is 2. The number of rotatable bonds is 6. The Hall–Kier alpha value is -1.50. The molecule has 1 heterocycles. The SMILES string of the molecule is CCCOc1cncc(C(NN)c2ccc(Br)c(F)c2)c1. The molecule has 1 unspecified atom stereocenters. The molecule has 0 saturated heterocycles. The van der Waals surface area contributed by atoms with Crippen molar-refractivity contribution >= 4 is 15.9 Å². The molecule has 21 heavy (non-hydrogen) atoms. The van der Waals surface area contributed by atoms with Crippen LogP contribution in [0.25, 0.3) is 0 Å². The van der Waals surface area contributed by atoms with E-state index in [2.05, 4.69) is 26.3 Å². The summed E-state index contributed by atoms with van der Waals surface area (Å²) in [6.45, 7) is 2.66. The molecular formula is C15H17BrFN3O. The fraction of sp³-hybridized carbons (Fsp3) is 0.267. The van der Waals surface area contributed by atoms with E-state index in [1.54, 1.807) is 24.5 Å². The molecule has 0 aliphatic carbocycles. The lowest BCUT2D eigenvalue weighted by atomic mass is 10.0. The number of nitrogens with one attached hydrogen (secondary N) is 1. The van der Waals surface area contributed by atoms with Crippen LogP contribution in [0.1, 0.15) is 30.5 Å². The highest BCUT2D eigenvalue weighted by molar-refractivity contribution is 9.10. The molecule has 2 aromatic rings. The minimum Gasteiger partial charge on any atom is -0.492 e. The van der Waals surface area contributed by atoms with Gasteiger partial charge in [-0.1, -0.05) is 13.0 Å². The van der Waals surface area contributed by atoms with Crippen molar-refractivity contribution in [3.8, 4) is 5.75 Å². The normalized spacial score (nSPS) is 12.2. The molecule has 0 bridgehead atoms. The summed E-state index contributed by atoms with van der Waals surface area (Å²) in [6, 6.07) is 6.39. The maximum atomic E-state index is 13.7. The number of hydrogen-bond donors (Lipinski definition) is 2. The number of nitrogens with zero attached hydrogens (tertiary/aromatic N) is 1. The second kappa shape index (κ2) is 7.49. The van der Waals surface area contributed by atoms with E-state index >= 15 is 0 Å². The van der Waals surface area contributed by atoms with E-state index in [0.717, 1.165) is 12.0 Å². The van der Waals surface area contributed by atoms with Crippen molar-refractivity contribution < 1.29 is 9.13 Å². The van der Waals surface area contributed by atoms with Gasteiger partial charge in [0.1, 0.15) is 11.6 Å². The molecule has 0 aliphatic rings. The second-order valence-electron chi connectivity index (χ2n) is 4.58. The Balaban J connectivity index is 2.30. The summed E-state index contributed by atoms with van der Waals surface area (Å²) in [6.07, 6.45) is 4.25. The standard InChI is InChI=1S/C15H17BrFN3O/c1-2-5-21-12-6-11(8-19-9-12)15(20-18)10-3-4-13(16)14(17)7-10/h3-4,6-9,15,20H,2,5,18H2,1H3. The Labute approximate surface area is 131 Å². The number of pyridine rings is 1. The molecule has 112 valence electrons. The largest absolute Gasteiger partial charge is 0.492 e. The monoisotopic (exact) mass is 353 g/mol. The van der Waals surface area contributed by atoms with Gasteiger partial charge in [0.05, 0.1) is 23.3 Å². The Bertz CT molecular complexity index is 609. The van der Waals surface area contributed by atoms with Gasteiger partial charge in [-0.3, -0.25) is 10.8 Å². The lowest BCUT2D eigenvalue weighted by Crippen LogP contribution is -2.29. The number of nitrogens with two attached hydrogens (primary N) is 1. The number of ether oxygens (including phenoxy) is 1. The van der Waals surface area contributed by atoms with Crippen molar-refractivity contribution in [3.63, 3.8) is 0 Å². The van der Waals surface area contributed by atoms with Crippen LogP contribution in [0.4, 0.5) is 4.39 Å². The smallest absolute Gasteiger partial charge is 0.137 e. The lowest BCUT2D eigenvalue weighted by molar-refractivity contribution is 0.315. The number of aromatic nitrogens is 1. The fourth-order valence-electron chi connectivity index (χ4n) is 1.97. The highest BCUT2D eigenvalue weighted by atomic mass is 79.9. The predicted octanol–water partition coefficient (Wildman–Crippen LogP) is 3.32. The van der Waals surface area contributed by atoms with Crippen LogP contribution in [-0.4, -0.2) is 11.6 Å². The molecule has 6 heteroatoms. The quantitative estimate of drug-likeness (QED) is 0.617. The Morgan fingerprint density at radius 1 is 1.33 bits per heavy atom. The van der Waals surface area contributed by atoms with Gasteiger partial charge in [-0.25, -0.2) is 9.82 Å². The minimum absolute atomic E-state index is 0.334. The topological polar surface area (TPSA) is 60.2 Å². The van der Waals surface area contributed by atoms with Gasteiger partial charge in [0.2, 0.25) is 0 Å². The van der Waals surface area contributed by atoms with Crippen molar-refractivity contribution in [2.75, 3.05) is 6.61 Å². The molecule has 0 fully saturated rings. The molecule has 1 atom stereocenters. The first kappa shape index (κ1) is 15.9.